The van der Waals surface area contributed by atoms with Gasteiger partial charge < -0.3 is 5.32 Å². The lowest BCUT2D eigenvalue weighted by Crippen LogP contribution is -2.14. The molecule has 1 aromatic heterocycles. The van der Waals surface area contributed by atoms with Gasteiger partial charge in [-0.15, -0.1) is 0 Å². The topological polar surface area (TPSA) is 90.1 Å². The summed E-state index contributed by atoms with van der Waals surface area (Å²) < 4.78 is 1.55. The van der Waals surface area contributed by atoms with Gasteiger partial charge >= 0.3 is 0 Å². The maximum Gasteiger partial charge on any atom is 0.273 e. The number of hydrogen-bond acceptors (Lipinski definition) is 4. The minimum atomic E-state index is -0.507. The zero-order valence-corrected chi connectivity index (χ0v) is 10.5. The molecule has 98 valence electrons. The van der Waals surface area contributed by atoms with E-state index in [1.54, 1.807) is 37.0 Å². The maximum atomic E-state index is 12.0. The van der Waals surface area contributed by atoms with Crippen LogP contribution in [0, 0.1) is 17.0 Å². The Balaban J connectivity index is 2.29. The van der Waals surface area contributed by atoms with Crippen molar-refractivity contribution in [2.24, 2.45) is 7.05 Å². The van der Waals surface area contributed by atoms with Crippen LogP contribution in [0.4, 0.5) is 11.5 Å². The molecule has 0 atom stereocenters. The van der Waals surface area contributed by atoms with Gasteiger partial charge in [0.2, 0.25) is 0 Å². The Bertz CT molecular complexity index is 648. The minimum Gasteiger partial charge on any atom is -0.305 e. The number of benzene rings is 1. The van der Waals surface area contributed by atoms with Crippen LogP contribution in [0.25, 0.3) is 0 Å². The predicted octanol–water partition coefficient (Wildman–Crippen LogP) is 1.89. The van der Waals surface area contributed by atoms with Crippen LogP contribution in [0.3, 0.4) is 0 Å². The molecule has 0 saturated carbocycles. The number of aromatic nitrogens is 2. The molecule has 2 aromatic rings. The van der Waals surface area contributed by atoms with Crippen LogP contribution >= 0.6 is 0 Å². The van der Waals surface area contributed by atoms with Gasteiger partial charge in [-0.3, -0.25) is 19.6 Å². The number of anilines is 1. The third-order valence-electron chi connectivity index (χ3n) is 2.70. The average Bonchev–Trinajstić information content (AvgIpc) is 2.74. The molecular formula is C12H12N4O3. The Morgan fingerprint density at radius 1 is 1.42 bits per heavy atom. The molecule has 1 aromatic carbocycles. The first-order valence-corrected chi connectivity index (χ1v) is 5.54. The molecule has 7 heteroatoms. The first-order valence-electron chi connectivity index (χ1n) is 5.54. The highest BCUT2D eigenvalue weighted by molar-refractivity contribution is 6.05. The largest absolute Gasteiger partial charge is 0.305 e. The summed E-state index contributed by atoms with van der Waals surface area (Å²) in [7, 11) is 1.73. The van der Waals surface area contributed by atoms with Crippen molar-refractivity contribution in [1.82, 2.24) is 9.78 Å². The summed E-state index contributed by atoms with van der Waals surface area (Å²) in [6.45, 7) is 1.55. The van der Waals surface area contributed by atoms with Crippen LogP contribution < -0.4 is 5.32 Å². The molecule has 0 spiro atoms. The van der Waals surface area contributed by atoms with E-state index in [1.165, 1.54) is 12.1 Å². The Hall–Kier alpha value is -2.70. The molecule has 0 aliphatic carbocycles. The van der Waals surface area contributed by atoms with E-state index in [4.69, 9.17) is 0 Å². The second-order valence-electron chi connectivity index (χ2n) is 4.04. The highest BCUT2D eigenvalue weighted by atomic mass is 16.6. The SMILES string of the molecule is Cc1c(C(=O)Nc2ccn(C)n2)cccc1[N+](=O)[O-]. The number of nitro groups is 1. The summed E-state index contributed by atoms with van der Waals surface area (Å²) in [6, 6.07) is 6.04. The predicted molar refractivity (Wildman–Crippen MR) is 69.0 cm³/mol. The van der Waals surface area contributed by atoms with Crippen molar-refractivity contribution < 1.29 is 9.72 Å². The van der Waals surface area contributed by atoms with Crippen LogP contribution in [0.1, 0.15) is 15.9 Å². The number of aryl methyl sites for hydroxylation is 1. The van der Waals surface area contributed by atoms with Gasteiger partial charge in [-0.2, -0.15) is 5.10 Å². The first kappa shape index (κ1) is 12.7. The fourth-order valence-corrected chi connectivity index (χ4v) is 1.73. The van der Waals surface area contributed by atoms with Crippen molar-refractivity contribution in [3.8, 4) is 0 Å². The highest BCUT2D eigenvalue weighted by Crippen LogP contribution is 2.21. The lowest BCUT2D eigenvalue weighted by atomic mass is 10.1. The van der Waals surface area contributed by atoms with Crippen molar-refractivity contribution in [1.29, 1.82) is 0 Å². The van der Waals surface area contributed by atoms with Crippen molar-refractivity contribution in [2.75, 3.05) is 5.32 Å². The number of rotatable bonds is 3. The summed E-state index contributed by atoms with van der Waals surface area (Å²) in [5, 5.41) is 17.4. The Kier molecular flexibility index (Phi) is 3.28. The van der Waals surface area contributed by atoms with Crippen LogP contribution in [-0.4, -0.2) is 20.6 Å². The fourth-order valence-electron chi connectivity index (χ4n) is 1.73. The van der Waals surface area contributed by atoms with E-state index < -0.39 is 10.8 Å². The zero-order valence-electron chi connectivity index (χ0n) is 10.5. The van der Waals surface area contributed by atoms with E-state index in [0.29, 0.717) is 11.4 Å². The second kappa shape index (κ2) is 4.89. The molecule has 1 amide bonds. The number of carbonyl (C=O) groups excluding carboxylic acids is 1. The third-order valence-corrected chi connectivity index (χ3v) is 2.70. The molecule has 19 heavy (non-hydrogen) atoms. The molecule has 0 bridgehead atoms. The molecule has 0 aliphatic heterocycles. The first-order chi connectivity index (χ1) is 8.99. The number of hydrogen-bond donors (Lipinski definition) is 1. The van der Waals surface area contributed by atoms with Crippen LogP contribution in [0.15, 0.2) is 30.5 Å². The molecule has 0 fully saturated rings. The van der Waals surface area contributed by atoms with Gasteiger partial charge in [0.05, 0.1) is 4.92 Å². The van der Waals surface area contributed by atoms with E-state index in [2.05, 4.69) is 10.4 Å². The van der Waals surface area contributed by atoms with Gasteiger partial charge in [0.25, 0.3) is 11.6 Å². The van der Waals surface area contributed by atoms with E-state index in [9.17, 15) is 14.9 Å². The Morgan fingerprint density at radius 2 is 2.16 bits per heavy atom. The Morgan fingerprint density at radius 3 is 2.74 bits per heavy atom. The van der Waals surface area contributed by atoms with Crippen LogP contribution in [-0.2, 0) is 7.05 Å². The van der Waals surface area contributed by atoms with Gasteiger partial charge in [-0.1, -0.05) is 6.07 Å². The number of carbonyl (C=O) groups is 1. The van der Waals surface area contributed by atoms with Crippen molar-refractivity contribution in [3.63, 3.8) is 0 Å². The number of nitrogens with zero attached hydrogens (tertiary/aromatic N) is 3. The van der Waals surface area contributed by atoms with Gasteiger partial charge in [0.1, 0.15) is 0 Å². The Labute approximate surface area is 109 Å². The molecule has 0 radical (unpaired) electrons. The summed E-state index contributed by atoms with van der Waals surface area (Å²) >= 11 is 0. The molecule has 2 rings (SSSR count). The van der Waals surface area contributed by atoms with Crippen LogP contribution in [0.5, 0.6) is 0 Å². The minimum absolute atomic E-state index is 0.0753. The van der Waals surface area contributed by atoms with E-state index in [-0.39, 0.29) is 11.3 Å². The fraction of sp³-hybridized carbons (Fsp3) is 0.167. The lowest BCUT2D eigenvalue weighted by Gasteiger charge is -2.05. The standard InChI is InChI=1S/C12H12N4O3/c1-8-9(4-3-5-10(8)16(18)19)12(17)13-11-6-7-15(2)14-11/h3-7H,1-2H3,(H,13,14,17). The summed E-state index contributed by atoms with van der Waals surface area (Å²) in [5.41, 5.74) is 0.523. The summed E-state index contributed by atoms with van der Waals surface area (Å²) in [4.78, 5) is 22.3. The van der Waals surface area contributed by atoms with Gasteiger partial charge in [-0.25, -0.2) is 0 Å². The lowest BCUT2D eigenvalue weighted by molar-refractivity contribution is -0.385. The summed E-state index contributed by atoms with van der Waals surface area (Å²) in [6.07, 6.45) is 1.69. The van der Waals surface area contributed by atoms with E-state index in [1.807, 2.05) is 0 Å². The normalized spacial score (nSPS) is 10.2. The van der Waals surface area contributed by atoms with Crippen LogP contribution in [0.2, 0.25) is 0 Å². The van der Waals surface area contributed by atoms with Crippen molar-refractivity contribution in [3.05, 3.63) is 51.7 Å². The highest BCUT2D eigenvalue weighted by Gasteiger charge is 2.18. The molecule has 1 N–H and O–H groups in total. The number of amides is 1. The molecule has 0 unspecified atom stereocenters. The monoisotopic (exact) mass is 260 g/mol. The van der Waals surface area contributed by atoms with Gasteiger partial charge in [-0.05, 0) is 13.0 Å². The zero-order chi connectivity index (χ0) is 14.0. The van der Waals surface area contributed by atoms with E-state index in [0.717, 1.165) is 0 Å². The number of nitrogens with one attached hydrogen (secondary N) is 1. The molecule has 7 nitrogen and oxygen atoms in total. The summed E-state index contributed by atoms with van der Waals surface area (Å²) in [5.74, 6) is -0.0155. The molecule has 1 heterocycles. The van der Waals surface area contributed by atoms with Gasteiger partial charge in [0.15, 0.2) is 5.82 Å². The van der Waals surface area contributed by atoms with E-state index >= 15 is 0 Å². The van der Waals surface area contributed by atoms with Gasteiger partial charge in [0, 0.05) is 36.5 Å². The smallest absolute Gasteiger partial charge is 0.273 e. The molecule has 0 saturated heterocycles. The van der Waals surface area contributed by atoms with Crippen molar-refractivity contribution in [2.45, 2.75) is 6.92 Å². The molecule has 0 aliphatic rings. The molecular weight excluding hydrogens is 248 g/mol. The quantitative estimate of drug-likeness (QED) is 0.674. The average molecular weight is 260 g/mol. The van der Waals surface area contributed by atoms with Crippen molar-refractivity contribution >= 4 is 17.4 Å². The maximum absolute atomic E-state index is 12.0. The number of nitro benzene ring substituents is 1. The second-order valence-corrected chi connectivity index (χ2v) is 4.04. The third kappa shape index (κ3) is 2.59.